The minimum atomic E-state index is 0.0253. The van der Waals surface area contributed by atoms with Crippen LogP contribution in [-0.4, -0.2) is 19.6 Å². The molecule has 0 fully saturated rings. The van der Waals surface area contributed by atoms with Crippen LogP contribution >= 0.6 is 0 Å². The Morgan fingerprint density at radius 3 is 3.00 bits per heavy atom. The van der Waals surface area contributed by atoms with Gasteiger partial charge < -0.3 is 10.1 Å². The number of hydrogen-bond donors (Lipinski definition) is 1. The summed E-state index contributed by atoms with van der Waals surface area (Å²) >= 11 is 0. The minimum absolute atomic E-state index is 0.0253. The van der Waals surface area contributed by atoms with Gasteiger partial charge in [-0.05, 0) is 48.1 Å². The zero-order valence-corrected chi connectivity index (χ0v) is 11.0. The molecule has 18 heavy (non-hydrogen) atoms. The highest BCUT2D eigenvalue weighted by molar-refractivity contribution is 5.74. The second-order valence-electron chi connectivity index (χ2n) is 4.52. The van der Waals surface area contributed by atoms with Crippen LogP contribution in [0.15, 0.2) is 24.3 Å². The van der Waals surface area contributed by atoms with E-state index in [1.165, 1.54) is 16.7 Å². The van der Waals surface area contributed by atoms with Crippen LogP contribution in [0.4, 0.5) is 0 Å². The van der Waals surface area contributed by atoms with Gasteiger partial charge in [0.05, 0.1) is 7.11 Å². The summed E-state index contributed by atoms with van der Waals surface area (Å²) in [4.78, 5) is 10.9. The Morgan fingerprint density at radius 1 is 1.44 bits per heavy atom. The van der Waals surface area contributed by atoms with Gasteiger partial charge in [0.15, 0.2) is 0 Å². The van der Waals surface area contributed by atoms with Gasteiger partial charge in [0.25, 0.3) is 0 Å². The summed E-state index contributed by atoms with van der Waals surface area (Å²) in [6, 6.07) is 6.24. The standard InChI is InChI=1S/C15H19NO2/c1-11(17)16-9-8-13-5-3-4-12-6-7-14(18-2)10-15(12)13/h5-7,10H,3-4,8-9H2,1-2H3,(H,16,17). The molecular weight excluding hydrogens is 226 g/mol. The van der Waals surface area contributed by atoms with Gasteiger partial charge in [0, 0.05) is 13.5 Å². The summed E-state index contributed by atoms with van der Waals surface area (Å²) in [5.74, 6) is 0.915. The monoisotopic (exact) mass is 245 g/mol. The molecule has 0 aliphatic heterocycles. The third kappa shape index (κ3) is 2.92. The Hall–Kier alpha value is -1.77. The highest BCUT2D eigenvalue weighted by atomic mass is 16.5. The van der Waals surface area contributed by atoms with E-state index in [-0.39, 0.29) is 5.91 Å². The molecule has 1 aromatic rings. The number of nitrogens with one attached hydrogen (secondary N) is 1. The lowest BCUT2D eigenvalue weighted by Gasteiger charge is -2.19. The molecule has 0 saturated heterocycles. The van der Waals surface area contributed by atoms with Crippen molar-refractivity contribution < 1.29 is 9.53 Å². The molecule has 3 heteroatoms. The third-order valence-electron chi connectivity index (χ3n) is 3.24. The number of allylic oxidation sites excluding steroid dienone is 1. The van der Waals surface area contributed by atoms with Crippen molar-refractivity contribution in [3.8, 4) is 5.75 Å². The molecule has 1 N–H and O–H groups in total. The number of rotatable bonds is 4. The highest BCUT2D eigenvalue weighted by Crippen LogP contribution is 2.31. The third-order valence-corrected chi connectivity index (χ3v) is 3.24. The number of hydrogen-bond acceptors (Lipinski definition) is 2. The molecule has 1 amide bonds. The maximum absolute atomic E-state index is 10.9. The normalized spacial score (nSPS) is 13.6. The fourth-order valence-corrected chi connectivity index (χ4v) is 2.32. The largest absolute Gasteiger partial charge is 0.497 e. The van der Waals surface area contributed by atoms with E-state index in [1.807, 2.05) is 6.07 Å². The van der Waals surface area contributed by atoms with Crippen LogP contribution in [0.3, 0.4) is 0 Å². The van der Waals surface area contributed by atoms with Gasteiger partial charge in [-0.3, -0.25) is 4.79 Å². The summed E-state index contributed by atoms with van der Waals surface area (Å²) in [6.45, 7) is 2.24. The quantitative estimate of drug-likeness (QED) is 0.885. The molecule has 1 aromatic carbocycles. The van der Waals surface area contributed by atoms with Gasteiger partial charge in [-0.2, -0.15) is 0 Å². The summed E-state index contributed by atoms with van der Waals surface area (Å²) in [7, 11) is 1.69. The second kappa shape index (κ2) is 5.71. The minimum Gasteiger partial charge on any atom is -0.497 e. The van der Waals surface area contributed by atoms with Crippen molar-refractivity contribution in [2.24, 2.45) is 0 Å². The Bertz CT molecular complexity index is 477. The van der Waals surface area contributed by atoms with E-state index < -0.39 is 0 Å². The number of ether oxygens (including phenoxy) is 1. The fourth-order valence-electron chi connectivity index (χ4n) is 2.32. The summed E-state index contributed by atoms with van der Waals surface area (Å²) in [6.07, 6.45) is 5.31. The average Bonchev–Trinajstić information content (AvgIpc) is 2.38. The topological polar surface area (TPSA) is 38.3 Å². The van der Waals surface area contributed by atoms with Crippen LogP contribution in [0.25, 0.3) is 5.57 Å². The molecule has 0 radical (unpaired) electrons. The van der Waals surface area contributed by atoms with Gasteiger partial charge in [0.1, 0.15) is 5.75 Å². The van der Waals surface area contributed by atoms with Crippen molar-refractivity contribution in [2.45, 2.75) is 26.2 Å². The molecule has 3 nitrogen and oxygen atoms in total. The van der Waals surface area contributed by atoms with Crippen molar-refractivity contribution in [1.82, 2.24) is 5.32 Å². The lowest BCUT2D eigenvalue weighted by atomic mass is 9.89. The van der Waals surface area contributed by atoms with E-state index in [0.717, 1.165) is 25.0 Å². The van der Waals surface area contributed by atoms with Crippen LogP contribution in [0.5, 0.6) is 5.75 Å². The Kier molecular flexibility index (Phi) is 4.03. The zero-order valence-electron chi connectivity index (χ0n) is 11.0. The molecule has 1 aliphatic carbocycles. The average molecular weight is 245 g/mol. The van der Waals surface area contributed by atoms with Gasteiger partial charge in [-0.25, -0.2) is 0 Å². The summed E-state index contributed by atoms with van der Waals surface area (Å²) in [5, 5.41) is 2.84. The zero-order chi connectivity index (χ0) is 13.0. The van der Waals surface area contributed by atoms with Gasteiger partial charge in [-0.1, -0.05) is 12.1 Å². The molecule has 0 heterocycles. The summed E-state index contributed by atoms with van der Waals surface area (Å²) < 4.78 is 5.27. The predicted octanol–water partition coefficient (Wildman–Crippen LogP) is 2.55. The van der Waals surface area contributed by atoms with E-state index in [4.69, 9.17) is 4.74 Å². The van der Waals surface area contributed by atoms with Gasteiger partial charge in [-0.15, -0.1) is 0 Å². The molecule has 96 valence electrons. The smallest absolute Gasteiger partial charge is 0.216 e. The molecule has 2 rings (SSSR count). The van der Waals surface area contributed by atoms with Gasteiger partial charge >= 0.3 is 0 Å². The first-order chi connectivity index (χ1) is 8.70. The van der Waals surface area contributed by atoms with Crippen molar-refractivity contribution in [3.05, 3.63) is 35.4 Å². The van der Waals surface area contributed by atoms with Crippen LogP contribution in [0.2, 0.25) is 0 Å². The van der Waals surface area contributed by atoms with Crippen molar-refractivity contribution >= 4 is 11.5 Å². The van der Waals surface area contributed by atoms with Crippen molar-refractivity contribution in [2.75, 3.05) is 13.7 Å². The molecule has 0 aromatic heterocycles. The predicted molar refractivity (Wildman–Crippen MR) is 72.6 cm³/mol. The molecule has 0 saturated carbocycles. The molecule has 0 spiro atoms. The number of methoxy groups -OCH3 is 1. The van der Waals surface area contributed by atoms with Crippen LogP contribution in [0, 0.1) is 0 Å². The number of benzene rings is 1. The lowest BCUT2D eigenvalue weighted by molar-refractivity contribution is -0.118. The Morgan fingerprint density at radius 2 is 2.28 bits per heavy atom. The first-order valence-corrected chi connectivity index (χ1v) is 6.31. The van der Waals surface area contributed by atoms with E-state index in [0.29, 0.717) is 6.54 Å². The first kappa shape index (κ1) is 12.7. The maximum Gasteiger partial charge on any atom is 0.216 e. The van der Waals surface area contributed by atoms with E-state index >= 15 is 0 Å². The highest BCUT2D eigenvalue weighted by Gasteiger charge is 2.13. The Labute approximate surface area is 108 Å². The lowest BCUT2D eigenvalue weighted by Crippen LogP contribution is -2.21. The molecule has 1 aliphatic rings. The molecule has 0 unspecified atom stereocenters. The van der Waals surface area contributed by atoms with Crippen molar-refractivity contribution in [1.29, 1.82) is 0 Å². The SMILES string of the molecule is COc1ccc2c(c1)C(CCNC(C)=O)=CCC2. The van der Waals surface area contributed by atoms with Crippen molar-refractivity contribution in [3.63, 3.8) is 0 Å². The van der Waals surface area contributed by atoms with Crippen LogP contribution < -0.4 is 10.1 Å². The molecule has 0 bridgehead atoms. The second-order valence-corrected chi connectivity index (χ2v) is 4.52. The van der Waals surface area contributed by atoms with Gasteiger partial charge in [0.2, 0.25) is 5.91 Å². The fraction of sp³-hybridized carbons (Fsp3) is 0.400. The number of carbonyl (C=O) groups is 1. The summed E-state index contributed by atoms with van der Waals surface area (Å²) in [5.41, 5.74) is 3.95. The first-order valence-electron chi connectivity index (χ1n) is 6.31. The molecular formula is C15H19NO2. The van der Waals surface area contributed by atoms with E-state index in [9.17, 15) is 4.79 Å². The molecule has 0 atom stereocenters. The number of aryl methyl sites for hydroxylation is 1. The number of fused-ring (bicyclic) bond motifs is 1. The number of amides is 1. The van der Waals surface area contributed by atoms with Crippen LogP contribution in [-0.2, 0) is 11.2 Å². The maximum atomic E-state index is 10.9. The van der Waals surface area contributed by atoms with E-state index in [1.54, 1.807) is 14.0 Å². The van der Waals surface area contributed by atoms with E-state index in [2.05, 4.69) is 23.5 Å². The van der Waals surface area contributed by atoms with Crippen LogP contribution in [0.1, 0.15) is 30.9 Å². The number of carbonyl (C=O) groups excluding carboxylic acids is 1. The Balaban J connectivity index is 2.13.